The Kier molecular flexibility index (Phi) is 8.69. The average Bonchev–Trinajstić information content (AvgIpc) is 3.27. The lowest BCUT2D eigenvalue weighted by molar-refractivity contribution is -0.291. The SMILES string of the molecule is CCC(F)(F)C(F)(F)CC1(CC(F)(F)C(F)(F)F)c2cc(C(=O)c3ccccc3)ccc2-c2ccc(C(=O)C3(O)CCCCC3)cc21. The summed E-state index contributed by atoms with van der Waals surface area (Å²) in [5, 5.41) is 11.1. The predicted molar refractivity (Wildman–Crippen MR) is 155 cm³/mol. The van der Waals surface area contributed by atoms with Crippen molar-refractivity contribution < 1.29 is 54.2 Å². The predicted octanol–water partition coefficient (Wildman–Crippen LogP) is 9.72. The molecule has 3 nitrogen and oxygen atoms in total. The lowest BCUT2D eigenvalue weighted by atomic mass is 9.68. The Morgan fingerprint density at radius 2 is 1.17 bits per heavy atom. The maximum atomic E-state index is 15.6. The van der Waals surface area contributed by atoms with Crippen molar-refractivity contribution in [2.45, 2.75) is 93.3 Å². The van der Waals surface area contributed by atoms with Crippen molar-refractivity contribution in [1.29, 1.82) is 0 Å². The molecular formula is C35H31F9O3. The summed E-state index contributed by atoms with van der Waals surface area (Å²) in [6.07, 6.45) is -10.6. The van der Waals surface area contributed by atoms with Crippen LogP contribution in [0.2, 0.25) is 0 Å². The Balaban J connectivity index is 1.80. The van der Waals surface area contributed by atoms with Crippen molar-refractivity contribution in [2.24, 2.45) is 0 Å². The Bertz CT molecular complexity index is 1680. The van der Waals surface area contributed by atoms with Gasteiger partial charge in [-0.15, -0.1) is 0 Å². The molecule has 0 aliphatic heterocycles. The van der Waals surface area contributed by atoms with Crippen molar-refractivity contribution in [1.82, 2.24) is 0 Å². The molecule has 0 amide bonds. The summed E-state index contributed by atoms with van der Waals surface area (Å²) in [5.74, 6) is -17.2. The summed E-state index contributed by atoms with van der Waals surface area (Å²) in [4.78, 5) is 26.9. The van der Waals surface area contributed by atoms with E-state index in [9.17, 15) is 36.6 Å². The van der Waals surface area contributed by atoms with Gasteiger partial charge >= 0.3 is 23.9 Å². The minimum atomic E-state index is -6.27. The summed E-state index contributed by atoms with van der Waals surface area (Å²) in [7, 11) is 0. The number of ketones is 2. The summed E-state index contributed by atoms with van der Waals surface area (Å²) in [5.41, 5.74) is -7.09. The second-order valence-electron chi connectivity index (χ2n) is 12.5. The number of fused-ring (bicyclic) bond motifs is 3. The van der Waals surface area contributed by atoms with E-state index in [0.717, 1.165) is 31.5 Å². The Hall–Kier alpha value is -3.67. The van der Waals surface area contributed by atoms with Crippen molar-refractivity contribution in [2.75, 3.05) is 0 Å². The fourth-order valence-corrected chi connectivity index (χ4v) is 6.86. The number of rotatable bonds is 10. The fourth-order valence-electron chi connectivity index (χ4n) is 6.86. The average molecular weight is 671 g/mol. The molecule has 0 heterocycles. The molecular weight excluding hydrogens is 639 g/mol. The van der Waals surface area contributed by atoms with Gasteiger partial charge in [-0.1, -0.05) is 80.8 Å². The van der Waals surface area contributed by atoms with Gasteiger partial charge < -0.3 is 5.11 Å². The van der Waals surface area contributed by atoms with E-state index in [1.807, 2.05) is 0 Å². The minimum absolute atomic E-state index is 0.0339. The Labute approximate surface area is 264 Å². The van der Waals surface area contributed by atoms with Crippen LogP contribution in [0.4, 0.5) is 39.5 Å². The smallest absolute Gasteiger partial charge is 0.382 e. The third-order valence-corrected chi connectivity index (χ3v) is 9.47. The maximum Gasteiger partial charge on any atom is 0.453 e. The van der Waals surface area contributed by atoms with E-state index in [1.165, 1.54) is 42.5 Å². The van der Waals surface area contributed by atoms with Crippen LogP contribution in [0.1, 0.15) is 95.7 Å². The lowest BCUT2D eigenvalue weighted by Crippen LogP contribution is -2.50. The monoisotopic (exact) mass is 670 g/mol. The lowest BCUT2D eigenvalue weighted by Gasteiger charge is -2.40. The molecule has 0 saturated heterocycles. The molecule has 47 heavy (non-hydrogen) atoms. The van der Waals surface area contributed by atoms with E-state index in [-0.39, 0.29) is 40.7 Å². The van der Waals surface area contributed by atoms with Crippen LogP contribution in [0.3, 0.4) is 0 Å². The molecule has 1 saturated carbocycles. The van der Waals surface area contributed by atoms with E-state index in [4.69, 9.17) is 0 Å². The van der Waals surface area contributed by atoms with Crippen LogP contribution >= 0.6 is 0 Å². The van der Waals surface area contributed by atoms with Gasteiger partial charge in [0, 0.05) is 41.4 Å². The number of halogens is 9. The first-order valence-electron chi connectivity index (χ1n) is 15.2. The van der Waals surface area contributed by atoms with Gasteiger partial charge in [0.15, 0.2) is 11.6 Å². The van der Waals surface area contributed by atoms with Gasteiger partial charge in [-0.2, -0.15) is 39.5 Å². The Morgan fingerprint density at radius 3 is 1.70 bits per heavy atom. The molecule has 2 aliphatic carbocycles. The molecule has 0 aromatic heterocycles. The van der Waals surface area contributed by atoms with Crippen LogP contribution in [0.25, 0.3) is 11.1 Å². The third kappa shape index (κ3) is 5.98. The van der Waals surface area contributed by atoms with Gasteiger partial charge in [0.1, 0.15) is 5.60 Å². The molecule has 3 aromatic carbocycles. The molecule has 1 unspecified atom stereocenters. The van der Waals surface area contributed by atoms with Crippen molar-refractivity contribution >= 4 is 11.6 Å². The maximum absolute atomic E-state index is 15.6. The zero-order valence-corrected chi connectivity index (χ0v) is 25.2. The number of hydrogen-bond acceptors (Lipinski definition) is 3. The summed E-state index contributed by atoms with van der Waals surface area (Å²) >= 11 is 0. The quantitative estimate of drug-likeness (QED) is 0.173. The topological polar surface area (TPSA) is 54.4 Å². The largest absolute Gasteiger partial charge is 0.453 e. The van der Waals surface area contributed by atoms with Crippen LogP contribution in [0.15, 0.2) is 66.7 Å². The Morgan fingerprint density at radius 1 is 0.660 bits per heavy atom. The van der Waals surface area contributed by atoms with Crippen LogP contribution in [-0.4, -0.2) is 46.2 Å². The first kappa shape index (κ1) is 34.7. The highest BCUT2D eigenvalue weighted by molar-refractivity contribution is 6.09. The van der Waals surface area contributed by atoms with Gasteiger partial charge in [-0.25, -0.2) is 0 Å². The summed E-state index contributed by atoms with van der Waals surface area (Å²) in [6, 6.07) is 13.9. The molecule has 2 aliphatic rings. The highest BCUT2D eigenvalue weighted by atomic mass is 19.4. The summed E-state index contributed by atoms with van der Waals surface area (Å²) in [6.45, 7) is 0.722. The molecule has 1 atom stereocenters. The number of benzene rings is 3. The first-order chi connectivity index (χ1) is 21.8. The highest BCUT2D eigenvalue weighted by Gasteiger charge is 2.67. The second-order valence-corrected chi connectivity index (χ2v) is 12.5. The number of carbonyl (C=O) groups excluding carboxylic acids is 2. The van der Waals surface area contributed by atoms with Crippen LogP contribution in [0.5, 0.6) is 0 Å². The highest BCUT2D eigenvalue weighted by Crippen LogP contribution is 2.61. The van der Waals surface area contributed by atoms with Crippen LogP contribution < -0.4 is 0 Å². The van der Waals surface area contributed by atoms with Crippen molar-refractivity contribution in [3.63, 3.8) is 0 Å². The number of Topliss-reactive ketones (excluding diaryl/α,β-unsaturated/α-hetero) is 1. The van der Waals surface area contributed by atoms with E-state index in [0.29, 0.717) is 12.8 Å². The van der Waals surface area contributed by atoms with Crippen molar-refractivity contribution in [3.05, 3.63) is 94.5 Å². The molecule has 5 rings (SSSR count). The van der Waals surface area contributed by atoms with Gasteiger partial charge in [-0.05, 0) is 47.2 Å². The fraction of sp³-hybridized carbons (Fsp3) is 0.429. The van der Waals surface area contributed by atoms with Gasteiger partial charge in [0.05, 0.1) is 0 Å². The second kappa shape index (κ2) is 11.8. The minimum Gasteiger partial charge on any atom is -0.382 e. The van der Waals surface area contributed by atoms with Gasteiger partial charge in [0.25, 0.3) is 0 Å². The molecule has 252 valence electrons. The normalized spacial score (nSPS) is 19.6. The molecule has 0 bridgehead atoms. The van der Waals surface area contributed by atoms with Crippen molar-refractivity contribution in [3.8, 4) is 11.1 Å². The number of carbonyl (C=O) groups is 2. The van der Waals surface area contributed by atoms with E-state index >= 15 is 17.6 Å². The number of hydrogen-bond donors (Lipinski definition) is 1. The van der Waals surface area contributed by atoms with Gasteiger partial charge in [-0.3, -0.25) is 9.59 Å². The van der Waals surface area contributed by atoms with E-state index in [1.54, 1.807) is 6.07 Å². The molecule has 0 radical (unpaired) electrons. The van der Waals surface area contributed by atoms with Gasteiger partial charge in [0.2, 0.25) is 0 Å². The first-order valence-corrected chi connectivity index (χ1v) is 15.2. The number of aliphatic hydroxyl groups is 1. The standard InChI is InChI=1S/C35H31F9O3/c1-2-32(36,37)33(38,39)19-30(20-34(40,41)35(42,43)44)26-17-22(28(45)21-9-5-3-6-10-21)11-13-24(26)25-14-12-23(18-27(25)30)29(46)31(47)15-7-4-8-16-31/h3,5-6,9-14,17-18,47H,2,4,7-8,15-16,19-20H2,1H3. The van der Waals surface area contributed by atoms with E-state index in [2.05, 4.69) is 0 Å². The molecule has 3 aromatic rings. The van der Waals surface area contributed by atoms with E-state index < -0.39 is 76.9 Å². The molecule has 1 fully saturated rings. The summed E-state index contributed by atoms with van der Waals surface area (Å²) < 4.78 is 133. The zero-order valence-electron chi connectivity index (χ0n) is 25.2. The third-order valence-electron chi connectivity index (χ3n) is 9.47. The molecule has 1 N–H and O–H groups in total. The van der Waals surface area contributed by atoms with Crippen LogP contribution in [0, 0.1) is 0 Å². The zero-order chi connectivity index (χ0) is 34.6. The molecule has 0 spiro atoms. The molecule has 12 heteroatoms. The van der Waals surface area contributed by atoms with Crippen LogP contribution in [-0.2, 0) is 5.41 Å². The number of alkyl halides is 9.